The van der Waals surface area contributed by atoms with Gasteiger partial charge in [-0.1, -0.05) is 24.3 Å². The van der Waals surface area contributed by atoms with Crippen molar-refractivity contribution in [1.82, 2.24) is 0 Å². The number of fused-ring (bicyclic) bond motifs is 1. The molecule has 0 aromatic heterocycles. The van der Waals surface area contributed by atoms with Crippen LogP contribution >= 0.6 is 0 Å². The normalized spacial score (nSPS) is 11.4. The Kier molecular flexibility index (Phi) is 4.62. The van der Waals surface area contributed by atoms with Crippen molar-refractivity contribution in [2.45, 2.75) is 4.90 Å². The van der Waals surface area contributed by atoms with Gasteiger partial charge in [0.25, 0.3) is 10.1 Å². The number of aliphatic carboxylic acids is 2. The van der Waals surface area contributed by atoms with E-state index in [0.29, 0.717) is 0 Å². The van der Waals surface area contributed by atoms with E-state index in [1.807, 2.05) is 0 Å². The molecule has 0 amide bonds. The fraction of sp³-hybridized carbons (Fsp3) is 0.143. The van der Waals surface area contributed by atoms with Crippen molar-refractivity contribution in [3.8, 4) is 5.75 Å². The standard InChI is InChI=1S/C14H13NO8S/c16-10-5-11(24(21,22)23)8-3-1-2-4-9(8)14(10)15(6-12(17)18)7-13(19)20/h1-5,16H,6-7H2,(H,17,18)(H,19,20)(H,21,22,23). The van der Waals surface area contributed by atoms with Crippen molar-refractivity contribution >= 4 is 38.5 Å². The highest BCUT2D eigenvalue weighted by Gasteiger charge is 2.24. The van der Waals surface area contributed by atoms with Gasteiger partial charge in [0.05, 0.1) is 5.69 Å². The van der Waals surface area contributed by atoms with Crippen molar-refractivity contribution in [1.29, 1.82) is 0 Å². The summed E-state index contributed by atoms with van der Waals surface area (Å²) in [5.74, 6) is -3.33. The van der Waals surface area contributed by atoms with Crippen LogP contribution in [0.4, 0.5) is 5.69 Å². The number of hydrogen-bond acceptors (Lipinski definition) is 6. The lowest BCUT2D eigenvalue weighted by Crippen LogP contribution is -2.34. The van der Waals surface area contributed by atoms with Crippen LogP contribution in [0, 0.1) is 0 Å². The van der Waals surface area contributed by atoms with Crippen LogP contribution < -0.4 is 4.90 Å². The molecular weight excluding hydrogens is 342 g/mol. The van der Waals surface area contributed by atoms with Gasteiger partial charge in [-0.15, -0.1) is 0 Å². The number of rotatable bonds is 6. The van der Waals surface area contributed by atoms with Crippen LogP contribution in [-0.2, 0) is 19.7 Å². The molecule has 0 radical (unpaired) electrons. The van der Waals surface area contributed by atoms with E-state index in [9.17, 15) is 27.7 Å². The number of phenolic OH excluding ortho intramolecular Hbond substituents is 1. The Hall–Kier alpha value is -2.85. The molecule has 4 N–H and O–H groups in total. The third-order valence-electron chi connectivity index (χ3n) is 3.20. The molecule has 2 aromatic carbocycles. The third-order valence-corrected chi connectivity index (χ3v) is 4.10. The first-order chi connectivity index (χ1) is 11.1. The predicted molar refractivity (Wildman–Crippen MR) is 82.9 cm³/mol. The number of nitrogens with zero attached hydrogens (tertiary/aromatic N) is 1. The van der Waals surface area contributed by atoms with Gasteiger partial charge in [-0.05, 0) is 0 Å². The number of carboxylic acid groups (broad SMARTS) is 2. The molecule has 0 heterocycles. The SMILES string of the molecule is O=C(O)CN(CC(=O)O)c1c(O)cc(S(=O)(=O)O)c2ccccc12. The lowest BCUT2D eigenvalue weighted by atomic mass is 10.1. The summed E-state index contributed by atoms with van der Waals surface area (Å²) in [5, 5.41) is 28.2. The van der Waals surface area contributed by atoms with Crippen LogP contribution in [0.25, 0.3) is 10.8 Å². The van der Waals surface area contributed by atoms with Gasteiger partial charge in [0.1, 0.15) is 23.7 Å². The molecule has 0 aliphatic carbocycles. The van der Waals surface area contributed by atoms with Crippen LogP contribution in [0.2, 0.25) is 0 Å². The molecule has 24 heavy (non-hydrogen) atoms. The highest BCUT2D eigenvalue weighted by atomic mass is 32.2. The average Bonchev–Trinajstić information content (AvgIpc) is 2.43. The molecule has 0 unspecified atom stereocenters. The van der Waals surface area contributed by atoms with Gasteiger partial charge in [-0.3, -0.25) is 14.1 Å². The maximum absolute atomic E-state index is 11.5. The summed E-state index contributed by atoms with van der Waals surface area (Å²) in [7, 11) is -4.65. The number of carbonyl (C=O) groups is 2. The second-order valence-corrected chi connectivity index (χ2v) is 6.30. The van der Waals surface area contributed by atoms with E-state index in [-0.39, 0.29) is 16.5 Å². The smallest absolute Gasteiger partial charge is 0.323 e. The number of anilines is 1. The fourth-order valence-corrected chi connectivity index (χ4v) is 3.12. The second-order valence-electron chi connectivity index (χ2n) is 4.91. The summed E-state index contributed by atoms with van der Waals surface area (Å²) in [6, 6.07) is 6.47. The van der Waals surface area contributed by atoms with E-state index in [2.05, 4.69) is 0 Å². The van der Waals surface area contributed by atoms with Crippen LogP contribution in [0.5, 0.6) is 5.75 Å². The first kappa shape index (κ1) is 17.5. The zero-order valence-electron chi connectivity index (χ0n) is 12.1. The highest BCUT2D eigenvalue weighted by Crippen LogP contribution is 2.39. The van der Waals surface area contributed by atoms with Crippen molar-refractivity contribution in [3.63, 3.8) is 0 Å². The van der Waals surface area contributed by atoms with Gasteiger partial charge in [0.15, 0.2) is 0 Å². The van der Waals surface area contributed by atoms with E-state index >= 15 is 0 Å². The van der Waals surface area contributed by atoms with Crippen LogP contribution in [0.1, 0.15) is 0 Å². The first-order valence-corrected chi connectivity index (χ1v) is 7.96. The average molecular weight is 355 g/mol. The predicted octanol–water partition coefficient (Wildman–Crippen LogP) is 0.768. The molecule has 0 fully saturated rings. The summed E-state index contributed by atoms with van der Waals surface area (Å²) in [6.07, 6.45) is 0. The molecule has 0 saturated carbocycles. The molecule has 2 rings (SSSR count). The summed E-state index contributed by atoms with van der Waals surface area (Å²) >= 11 is 0. The first-order valence-electron chi connectivity index (χ1n) is 6.52. The van der Waals surface area contributed by atoms with Gasteiger partial charge < -0.3 is 20.2 Å². The summed E-state index contributed by atoms with van der Waals surface area (Å²) in [4.78, 5) is 22.3. The maximum Gasteiger partial charge on any atom is 0.323 e. The molecule has 0 saturated heterocycles. The minimum atomic E-state index is -4.65. The van der Waals surface area contributed by atoms with Gasteiger partial charge in [0, 0.05) is 16.8 Å². The maximum atomic E-state index is 11.5. The van der Waals surface area contributed by atoms with E-state index < -0.39 is 45.8 Å². The largest absolute Gasteiger partial charge is 0.506 e. The number of carboxylic acids is 2. The molecule has 9 nitrogen and oxygen atoms in total. The fourth-order valence-electron chi connectivity index (χ4n) is 2.40. The minimum absolute atomic E-state index is 0.0218. The minimum Gasteiger partial charge on any atom is -0.506 e. The summed E-state index contributed by atoms with van der Waals surface area (Å²) < 4.78 is 32.2. The van der Waals surface area contributed by atoms with Gasteiger partial charge in [0.2, 0.25) is 0 Å². The third kappa shape index (κ3) is 3.55. The Morgan fingerprint density at radius 1 is 1.00 bits per heavy atom. The molecule has 10 heteroatoms. The number of phenols is 1. The molecule has 128 valence electrons. The lowest BCUT2D eigenvalue weighted by Gasteiger charge is -2.24. The van der Waals surface area contributed by atoms with E-state index in [4.69, 9.17) is 10.2 Å². The summed E-state index contributed by atoms with van der Waals surface area (Å²) in [6.45, 7) is -1.45. The Morgan fingerprint density at radius 3 is 1.96 bits per heavy atom. The number of aromatic hydroxyl groups is 1. The second kappa shape index (κ2) is 6.34. The highest BCUT2D eigenvalue weighted by molar-refractivity contribution is 7.86. The van der Waals surface area contributed by atoms with E-state index in [1.165, 1.54) is 24.3 Å². The van der Waals surface area contributed by atoms with Crippen LogP contribution in [-0.4, -0.2) is 53.3 Å². The number of hydrogen-bond donors (Lipinski definition) is 4. The number of benzene rings is 2. The Balaban J connectivity index is 2.81. The molecule has 0 aliphatic heterocycles. The van der Waals surface area contributed by atoms with E-state index in [0.717, 1.165) is 11.0 Å². The lowest BCUT2D eigenvalue weighted by molar-refractivity contribution is -0.136. The van der Waals surface area contributed by atoms with Crippen molar-refractivity contribution in [2.75, 3.05) is 18.0 Å². The molecule has 0 atom stereocenters. The van der Waals surface area contributed by atoms with Crippen LogP contribution in [0.3, 0.4) is 0 Å². The monoisotopic (exact) mass is 355 g/mol. The Bertz CT molecular complexity index is 906. The zero-order valence-corrected chi connectivity index (χ0v) is 12.9. The molecular formula is C14H13NO8S. The van der Waals surface area contributed by atoms with Crippen molar-refractivity contribution in [2.24, 2.45) is 0 Å². The quantitative estimate of drug-likeness (QED) is 0.550. The van der Waals surface area contributed by atoms with Gasteiger partial charge >= 0.3 is 11.9 Å². The topological polar surface area (TPSA) is 152 Å². The van der Waals surface area contributed by atoms with E-state index in [1.54, 1.807) is 0 Å². The molecule has 0 bridgehead atoms. The molecule has 0 spiro atoms. The Morgan fingerprint density at radius 2 is 1.50 bits per heavy atom. The zero-order chi connectivity index (χ0) is 18.1. The molecule has 0 aliphatic rings. The van der Waals surface area contributed by atoms with Gasteiger partial charge in [-0.25, -0.2) is 0 Å². The van der Waals surface area contributed by atoms with Crippen molar-refractivity contribution in [3.05, 3.63) is 30.3 Å². The van der Waals surface area contributed by atoms with Crippen molar-refractivity contribution < 1.29 is 37.9 Å². The van der Waals surface area contributed by atoms with Gasteiger partial charge in [-0.2, -0.15) is 8.42 Å². The van der Waals surface area contributed by atoms with Crippen LogP contribution in [0.15, 0.2) is 35.2 Å². The Labute approximate surface area is 136 Å². The summed E-state index contributed by atoms with van der Waals surface area (Å²) in [5.41, 5.74) is -0.150. The molecule has 2 aromatic rings.